The van der Waals surface area contributed by atoms with Crippen LogP contribution in [0.25, 0.3) is 65.8 Å². The van der Waals surface area contributed by atoms with Crippen molar-refractivity contribution in [2.75, 3.05) is 7.11 Å². The van der Waals surface area contributed by atoms with Gasteiger partial charge in [-0.15, -0.1) is 0 Å². The van der Waals surface area contributed by atoms with Crippen molar-refractivity contribution in [3.63, 3.8) is 0 Å². The number of fused-ring (bicyclic) bond motifs is 6. The van der Waals surface area contributed by atoms with Gasteiger partial charge in [0.05, 0.1) is 36.5 Å². The molecule has 0 saturated heterocycles. The maximum absolute atomic E-state index is 13.3. The van der Waals surface area contributed by atoms with Crippen LogP contribution >= 0.6 is 94.2 Å². The largest absolute Gasteiger partial charge is 0.497 e. The zero-order chi connectivity index (χ0) is 99.6. The van der Waals surface area contributed by atoms with Gasteiger partial charge in [0.2, 0.25) is 59.0 Å². The lowest BCUT2D eigenvalue weighted by atomic mass is 10.2. The maximum atomic E-state index is 13.3. The second-order valence-corrected chi connectivity index (χ2v) is 46.5. The van der Waals surface area contributed by atoms with Crippen molar-refractivity contribution in [2.45, 2.75) is 107 Å². The molecule has 0 saturated carbocycles. The molecule has 0 aliphatic rings. The van der Waals surface area contributed by atoms with E-state index in [1.54, 1.807) is 144 Å². The van der Waals surface area contributed by atoms with E-state index < -0.39 is 123 Å². The van der Waals surface area contributed by atoms with Crippen molar-refractivity contribution in [3.05, 3.63) is 408 Å². The normalized spacial score (nSPS) is 11.7. The van der Waals surface area contributed by atoms with Crippen LogP contribution in [0.2, 0.25) is 20.1 Å². The fourth-order valence-electron chi connectivity index (χ4n) is 13.7. The number of sulfone groups is 6. The predicted octanol–water partition coefficient (Wildman–Crippen LogP) is 23.0. The summed E-state index contributed by atoms with van der Waals surface area (Å²) in [5.41, 5.74) is 1.73. The number of methoxy groups -OCH3 is 1. The molecule has 0 aliphatic carbocycles. The topological polar surface area (TPSA) is 395 Å². The Morgan fingerprint density at radius 3 is 0.810 bits per heavy atom. The molecule has 6 heterocycles. The first-order valence-corrected chi connectivity index (χ1v) is 52.5. The van der Waals surface area contributed by atoms with E-state index in [4.69, 9.17) is 77.6 Å². The summed E-state index contributed by atoms with van der Waals surface area (Å²) in [4.78, 5) is 70.1. The van der Waals surface area contributed by atoms with Crippen LogP contribution < -0.4 is 38.5 Å². The molecule has 6 aromatic heterocycles. The Bertz CT molecular complexity index is 8670. The van der Waals surface area contributed by atoms with E-state index in [0.29, 0.717) is 70.1 Å². The van der Waals surface area contributed by atoms with E-state index in [9.17, 15) is 83.7 Å². The average molecular weight is 2240 g/mol. The fraction of sp³-hybridized carbons (Fsp3) is 0.0816. The molecule has 12 aromatic carbocycles. The van der Waals surface area contributed by atoms with Gasteiger partial charge >= 0.3 is 33.8 Å². The molecule has 702 valence electrons. The van der Waals surface area contributed by atoms with Crippen LogP contribution in [0.15, 0.2) is 394 Å². The van der Waals surface area contributed by atoms with Gasteiger partial charge in [0.15, 0.2) is 29.4 Å². The molecule has 25 nitrogen and oxygen atoms in total. The number of aryl methyl sites for hydroxylation is 7. The Morgan fingerprint density at radius 1 is 0.255 bits per heavy atom. The SMILES string of the molecule is COc1cccc(S(=O)(=O)c2cc3cc(Br)ccc3oc2=O)c1.Cc1cc(C)cc(S(=O)(=O)c2cc3cc(Br)ccc3oc2=O)c1.Cc1cc(C)cc(S(=O)(=O)c2cc3cc(Cl)ccc3oc2=O)c1.Cc1cc(C)cc(S(=O)(=O)c2cc3cc(F)ccc3oc2=O)c1.Cc1ccc(S(=O)(=O)c2cc3cc(Br)ccc3oc2=O)cc1Cl.O=c1oc2ccc(Cl)cc2cc1S(=O)(=O)c1cccc(Cl)c1. The summed E-state index contributed by atoms with van der Waals surface area (Å²) in [7, 11) is -22.6. The van der Waals surface area contributed by atoms with E-state index in [1.807, 2.05) is 32.0 Å². The van der Waals surface area contributed by atoms with Crippen LogP contribution in [0.4, 0.5) is 4.39 Å². The highest BCUT2D eigenvalue weighted by Gasteiger charge is 2.31. The summed E-state index contributed by atoms with van der Waals surface area (Å²) in [5.74, 6) is -0.153. The minimum Gasteiger partial charge on any atom is -0.497 e. The van der Waals surface area contributed by atoms with Gasteiger partial charge in [0.25, 0.3) is 0 Å². The van der Waals surface area contributed by atoms with Crippen LogP contribution in [-0.4, -0.2) is 57.6 Å². The van der Waals surface area contributed by atoms with E-state index in [2.05, 4.69) is 47.8 Å². The Hall–Kier alpha value is -12.1. The summed E-state index contributed by atoms with van der Waals surface area (Å²) in [5, 5.41) is 4.08. The van der Waals surface area contributed by atoms with Crippen molar-refractivity contribution in [1.29, 1.82) is 0 Å². The van der Waals surface area contributed by atoms with Gasteiger partial charge in [-0.2, -0.15) is 0 Å². The molecule has 18 aromatic rings. The summed E-state index contributed by atoms with van der Waals surface area (Å²) < 4.78 is 204. The highest BCUT2D eigenvalue weighted by molar-refractivity contribution is 9.11. The zero-order valence-electron chi connectivity index (χ0n) is 72.1. The van der Waals surface area contributed by atoms with Crippen molar-refractivity contribution < 1.29 is 86.1 Å². The minimum atomic E-state index is -4.05. The van der Waals surface area contributed by atoms with Crippen LogP contribution in [0.5, 0.6) is 5.75 Å². The average Bonchev–Trinajstić information content (AvgIpc) is 0.761. The summed E-state index contributed by atoms with van der Waals surface area (Å²) in [6.45, 7) is 12.5. The molecule has 0 radical (unpaired) electrons. The first kappa shape index (κ1) is 102. The van der Waals surface area contributed by atoms with Crippen molar-refractivity contribution in [3.8, 4) is 5.75 Å². The van der Waals surface area contributed by atoms with Gasteiger partial charge in [-0.3, -0.25) is 0 Å². The van der Waals surface area contributed by atoms with Gasteiger partial charge in [-0.1, -0.05) is 131 Å². The Labute approximate surface area is 825 Å². The number of hydrogen-bond acceptors (Lipinski definition) is 25. The molecule has 0 N–H and O–H groups in total. The molecule has 0 atom stereocenters. The molecule has 0 spiro atoms. The summed E-state index contributed by atoms with van der Waals surface area (Å²) in [6, 6.07) is 66.2. The third-order valence-electron chi connectivity index (χ3n) is 20.1. The highest BCUT2D eigenvalue weighted by Crippen LogP contribution is 2.35. The first-order chi connectivity index (χ1) is 64.4. The Balaban J connectivity index is 0.000000139. The van der Waals surface area contributed by atoms with E-state index in [0.717, 1.165) is 70.6 Å². The van der Waals surface area contributed by atoms with Crippen molar-refractivity contribution in [1.82, 2.24) is 0 Å². The quantitative estimate of drug-likeness (QED) is 0.0967. The second-order valence-electron chi connectivity index (χ2n) is 30.5. The predicted molar refractivity (Wildman–Crippen MR) is 529 cm³/mol. The minimum absolute atomic E-state index is 0.0121. The van der Waals surface area contributed by atoms with Gasteiger partial charge in [-0.05, 0) is 318 Å². The summed E-state index contributed by atoms with van der Waals surface area (Å²) >= 11 is 33.5. The van der Waals surface area contributed by atoms with Gasteiger partial charge in [-0.25, -0.2) is 83.7 Å². The highest BCUT2D eigenvalue weighted by atomic mass is 79.9. The van der Waals surface area contributed by atoms with Crippen LogP contribution in [-0.2, 0) is 59.0 Å². The molecular weight excluding hydrogens is 2170 g/mol. The van der Waals surface area contributed by atoms with Gasteiger partial charge in [0.1, 0.15) is 45.1 Å². The Morgan fingerprint density at radius 2 is 0.511 bits per heavy atom. The molecule has 0 bridgehead atoms. The molecule has 0 fully saturated rings. The Kier molecular flexibility index (Phi) is 30.9. The lowest BCUT2D eigenvalue weighted by Crippen LogP contribution is -2.14. The lowest BCUT2D eigenvalue weighted by molar-refractivity contribution is 0.413. The number of benzene rings is 12. The third kappa shape index (κ3) is 23.3. The zero-order valence-corrected chi connectivity index (χ0v) is 84.8. The third-order valence-corrected chi connectivity index (χ3v) is 33.1. The van der Waals surface area contributed by atoms with Crippen molar-refractivity contribution >= 4 is 219 Å². The molecular formula is C98H68Br3Cl4FO25S6. The molecule has 18 rings (SSSR count). The second kappa shape index (κ2) is 41.3. The standard InChI is InChI=1S/C17H13BrO4S.C17H13ClO4S.C17H13FO4S.C16H10BrClO4S.C16H11BrO5S.C15H8Cl2O4S/c3*1-10-5-11(2)7-14(6-10)23(20,21)16-9-12-8-13(18)3-4-15(12)22-17(16)19;1-9-2-4-12(8-13(9)18)23(20,21)15-7-10-6-11(17)3-5-14(10)22-16(15)19;1-21-12-3-2-4-13(9-12)23(19,20)15-8-10-7-11(17)5-6-14(10)22-16(15)18;16-10-2-1-3-12(8-10)22(19,20)14-7-9-6-11(17)4-5-13(9)21-15(14)18/h3*3-9H,1-2H3;2-8H,1H3;2-9H,1H3;1-8H. The van der Waals surface area contributed by atoms with Crippen LogP contribution in [0.1, 0.15) is 38.9 Å². The first-order valence-electron chi connectivity index (χ1n) is 39.7. The van der Waals surface area contributed by atoms with Crippen LogP contribution in [0, 0.1) is 54.3 Å². The number of halogens is 8. The molecule has 137 heavy (non-hydrogen) atoms. The molecule has 39 heteroatoms. The fourth-order valence-corrected chi connectivity index (χ4v) is 24.2. The number of hydrogen-bond donors (Lipinski definition) is 0. The molecule has 0 unspecified atom stereocenters. The number of ether oxygens (including phenoxy) is 1. The van der Waals surface area contributed by atoms with Crippen molar-refractivity contribution in [2.24, 2.45) is 0 Å². The van der Waals surface area contributed by atoms with Gasteiger partial charge < -0.3 is 31.2 Å². The molecule has 0 aliphatic heterocycles. The molecule has 0 amide bonds. The maximum Gasteiger partial charge on any atom is 0.355 e. The van der Waals surface area contributed by atoms with Crippen LogP contribution in [0.3, 0.4) is 0 Å². The smallest absolute Gasteiger partial charge is 0.355 e. The van der Waals surface area contributed by atoms with Gasteiger partial charge in [0, 0.05) is 65.8 Å². The lowest BCUT2D eigenvalue weighted by Gasteiger charge is -2.07. The number of rotatable bonds is 13. The van der Waals surface area contributed by atoms with E-state index in [-0.39, 0.29) is 55.8 Å². The monoisotopic (exact) mass is 2230 g/mol. The summed E-state index contributed by atoms with van der Waals surface area (Å²) in [6.07, 6.45) is 0. The van der Waals surface area contributed by atoms with E-state index >= 15 is 0 Å². The van der Waals surface area contributed by atoms with E-state index in [1.165, 1.54) is 128 Å².